The summed E-state index contributed by atoms with van der Waals surface area (Å²) in [7, 11) is -3.33. The minimum absolute atomic E-state index is 0.393. The number of hydrogen-bond acceptors (Lipinski definition) is 4. The van der Waals surface area contributed by atoms with E-state index >= 15 is 0 Å². The van der Waals surface area contributed by atoms with Gasteiger partial charge in [0.25, 0.3) is 0 Å². The molecular formula is C13H24N2O2S2. The molecule has 4 nitrogen and oxygen atoms in total. The molecule has 0 bridgehead atoms. The maximum atomic E-state index is 12.0. The fourth-order valence-corrected chi connectivity index (χ4v) is 3.76. The predicted octanol–water partition coefficient (Wildman–Crippen LogP) is 2.57. The highest BCUT2D eigenvalue weighted by molar-refractivity contribution is 7.91. The normalized spacial score (nSPS) is 12.5. The second-order valence-electron chi connectivity index (χ2n) is 5.39. The van der Waals surface area contributed by atoms with Gasteiger partial charge in [-0.25, -0.2) is 13.1 Å². The molecule has 0 aliphatic rings. The monoisotopic (exact) mass is 304 g/mol. The van der Waals surface area contributed by atoms with E-state index in [0.29, 0.717) is 29.3 Å². The molecule has 0 saturated carbocycles. The van der Waals surface area contributed by atoms with E-state index in [2.05, 4.69) is 37.7 Å². The van der Waals surface area contributed by atoms with Crippen LogP contribution in [0.5, 0.6) is 0 Å². The lowest BCUT2D eigenvalue weighted by Crippen LogP contribution is -2.25. The maximum absolute atomic E-state index is 12.0. The summed E-state index contributed by atoms with van der Waals surface area (Å²) in [5.74, 6) is 0.497. The number of hydrogen-bond donors (Lipinski definition) is 2. The number of rotatable bonds is 8. The van der Waals surface area contributed by atoms with E-state index in [1.807, 2.05) is 5.38 Å². The zero-order chi connectivity index (χ0) is 14.5. The van der Waals surface area contributed by atoms with Crippen LogP contribution in [0.3, 0.4) is 0 Å². The second kappa shape index (κ2) is 7.38. The molecule has 1 heterocycles. The summed E-state index contributed by atoms with van der Waals surface area (Å²) in [6.45, 7) is 9.49. The molecular weight excluding hydrogens is 280 g/mol. The third-order valence-electron chi connectivity index (χ3n) is 2.62. The van der Waals surface area contributed by atoms with Crippen molar-refractivity contribution in [2.45, 2.75) is 50.9 Å². The zero-order valence-electron chi connectivity index (χ0n) is 12.1. The lowest BCUT2D eigenvalue weighted by atomic mass is 10.1. The Morgan fingerprint density at radius 2 is 1.95 bits per heavy atom. The smallest absolute Gasteiger partial charge is 0.250 e. The number of thiophene rings is 1. The lowest BCUT2D eigenvalue weighted by Gasteiger charge is -2.07. The van der Waals surface area contributed by atoms with Crippen LogP contribution in [-0.4, -0.2) is 21.0 Å². The summed E-state index contributed by atoms with van der Waals surface area (Å²) in [4.78, 5) is 0. The first-order chi connectivity index (χ1) is 8.81. The Balaban J connectivity index is 2.58. The summed E-state index contributed by atoms with van der Waals surface area (Å²) in [6.07, 6.45) is 0.854. The Hall–Kier alpha value is -0.430. The van der Waals surface area contributed by atoms with Gasteiger partial charge in [0.2, 0.25) is 10.0 Å². The van der Waals surface area contributed by atoms with Crippen LogP contribution in [0.2, 0.25) is 0 Å². The molecule has 0 aliphatic carbocycles. The molecule has 0 amide bonds. The number of sulfonamides is 1. The molecule has 2 N–H and O–H groups in total. The molecule has 0 aliphatic heterocycles. The van der Waals surface area contributed by atoms with E-state index in [-0.39, 0.29) is 0 Å². The van der Waals surface area contributed by atoms with Gasteiger partial charge in [-0.15, -0.1) is 11.3 Å². The minimum Gasteiger partial charge on any atom is -0.310 e. The van der Waals surface area contributed by atoms with Gasteiger partial charge in [-0.2, -0.15) is 0 Å². The van der Waals surface area contributed by atoms with Crippen molar-refractivity contribution in [1.82, 2.24) is 10.0 Å². The highest BCUT2D eigenvalue weighted by atomic mass is 32.2. The molecule has 0 spiro atoms. The molecule has 0 radical (unpaired) electrons. The molecule has 110 valence electrons. The van der Waals surface area contributed by atoms with Crippen LogP contribution in [0.25, 0.3) is 0 Å². The molecule has 0 fully saturated rings. The summed E-state index contributed by atoms with van der Waals surface area (Å²) in [5, 5.41) is 5.17. The van der Waals surface area contributed by atoms with Crippen LogP contribution >= 0.6 is 11.3 Å². The van der Waals surface area contributed by atoms with E-state index in [9.17, 15) is 8.42 Å². The summed E-state index contributed by atoms with van der Waals surface area (Å²) < 4.78 is 27.1. The lowest BCUT2D eigenvalue weighted by molar-refractivity contribution is 0.552. The van der Waals surface area contributed by atoms with E-state index in [0.717, 1.165) is 12.0 Å². The van der Waals surface area contributed by atoms with Crippen molar-refractivity contribution in [3.05, 3.63) is 17.0 Å². The topological polar surface area (TPSA) is 58.2 Å². The number of nitrogens with one attached hydrogen (secondary N) is 2. The average molecular weight is 304 g/mol. The third-order valence-corrected chi connectivity index (χ3v) is 5.57. The van der Waals surface area contributed by atoms with Gasteiger partial charge in [0.1, 0.15) is 4.21 Å². The maximum Gasteiger partial charge on any atom is 0.250 e. The molecule has 1 aromatic heterocycles. The van der Waals surface area contributed by atoms with E-state index in [4.69, 9.17) is 0 Å². The van der Waals surface area contributed by atoms with Gasteiger partial charge < -0.3 is 5.32 Å². The van der Waals surface area contributed by atoms with Crippen molar-refractivity contribution < 1.29 is 8.42 Å². The van der Waals surface area contributed by atoms with Crippen LogP contribution in [0.4, 0.5) is 0 Å². The third kappa shape index (κ3) is 6.03. The van der Waals surface area contributed by atoms with Crippen molar-refractivity contribution in [3.63, 3.8) is 0 Å². The van der Waals surface area contributed by atoms with Crippen LogP contribution in [0.15, 0.2) is 15.7 Å². The van der Waals surface area contributed by atoms with Gasteiger partial charge in [-0.05, 0) is 29.3 Å². The molecule has 0 atom stereocenters. The van der Waals surface area contributed by atoms with Crippen LogP contribution in [-0.2, 0) is 16.6 Å². The van der Waals surface area contributed by atoms with Crippen LogP contribution in [0.1, 0.15) is 39.7 Å². The summed E-state index contributed by atoms with van der Waals surface area (Å²) in [5.41, 5.74) is 1.02. The minimum atomic E-state index is -3.33. The molecule has 0 unspecified atom stereocenters. The molecule has 19 heavy (non-hydrogen) atoms. The van der Waals surface area contributed by atoms with Crippen molar-refractivity contribution >= 4 is 21.4 Å². The molecule has 0 aromatic carbocycles. The van der Waals surface area contributed by atoms with Gasteiger partial charge >= 0.3 is 0 Å². The van der Waals surface area contributed by atoms with E-state index < -0.39 is 10.0 Å². The first-order valence-corrected chi connectivity index (χ1v) is 8.98. The fraction of sp³-hybridized carbons (Fsp3) is 0.692. The summed E-state index contributed by atoms with van der Waals surface area (Å²) >= 11 is 1.28. The quantitative estimate of drug-likeness (QED) is 0.776. The Morgan fingerprint density at radius 3 is 2.53 bits per heavy atom. The first kappa shape index (κ1) is 16.6. The molecule has 1 aromatic rings. The standard InChI is InChI=1S/C13H24N2O2S2/c1-10(2)5-6-15-19(16,17)13-7-12(9-18-13)8-14-11(3)4/h7,9-11,14-15H,5-6,8H2,1-4H3. The van der Waals surface area contributed by atoms with Gasteiger partial charge in [0.05, 0.1) is 0 Å². The van der Waals surface area contributed by atoms with Gasteiger partial charge in [-0.1, -0.05) is 27.7 Å². The fourth-order valence-electron chi connectivity index (χ4n) is 1.46. The highest BCUT2D eigenvalue weighted by Crippen LogP contribution is 2.20. The largest absolute Gasteiger partial charge is 0.310 e. The molecule has 0 saturated heterocycles. The Kier molecular flexibility index (Phi) is 6.46. The van der Waals surface area contributed by atoms with Crippen molar-refractivity contribution in [1.29, 1.82) is 0 Å². The van der Waals surface area contributed by atoms with Crippen molar-refractivity contribution in [2.75, 3.05) is 6.54 Å². The second-order valence-corrected chi connectivity index (χ2v) is 8.29. The molecule has 6 heteroatoms. The SMILES string of the molecule is CC(C)CCNS(=O)(=O)c1cc(CNC(C)C)cs1. The van der Waals surface area contributed by atoms with Gasteiger partial charge in [0, 0.05) is 19.1 Å². The van der Waals surface area contributed by atoms with Crippen LogP contribution in [0, 0.1) is 5.92 Å². The Bertz CT molecular complexity index is 479. The van der Waals surface area contributed by atoms with Gasteiger partial charge in [-0.3, -0.25) is 0 Å². The Morgan fingerprint density at radius 1 is 1.26 bits per heavy atom. The molecule has 1 rings (SSSR count). The van der Waals surface area contributed by atoms with Crippen LogP contribution < -0.4 is 10.0 Å². The zero-order valence-corrected chi connectivity index (χ0v) is 13.7. The van der Waals surface area contributed by atoms with Crippen molar-refractivity contribution in [2.24, 2.45) is 5.92 Å². The predicted molar refractivity (Wildman–Crippen MR) is 80.9 cm³/mol. The Labute approximate surface area is 120 Å². The highest BCUT2D eigenvalue weighted by Gasteiger charge is 2.16. The first-order valence-electron chi connectivity index (χ1n) is 6.61. The van der Waals surface area contributed by atoms with Gasteiger partial charge in [0.15, 0.2) is 0 Å². The summed E-state index contributed by atoms with van der Waals surface area (Å²) in [6, 6.07) is 2.14. The van der Waals surface area contributed by atoms with E-state index in [1.54, 1.807) is 6.07 Å². The average Bonchev–Trinajstić information content (AvgIpc) is 2.74. The van der Waals surface area contributed by atoms with Crippen molar-refractivity contribution in [3.8, 4) is 0 Å². The van der Waals surface area contributed by atoms with E-state index in [1.165, 1.54) is 11.3 Å².